The fourth-order valence-electron chi connectivity index (χ4n) is 1.02. The summed E-state index contributed by atoms with van der Waals surface area (Å²) >= 11 is 0. The second-order valence-electron chi connectivity index (χ2n) is 3.29. The quantitative estimate of drug-likeness (QED) is 0.482. The lowest BCUT2D eigenvalue weighted by Crippen LogP contribution is -1.99. The van der Waals surface area contributed by atoms with Crippen LogP contribution in [0.15, 0.2) is 34.3 Å². The van der Waals surface area contributed by atoms with Crippen molar-refractivity contribution in [2.75, 3.05) is 5.43 Å². The molecule has 17 heavy (non-hydrogen) atoms. The molecule has 0 aliphatic carbocycles. The zero-order chi connectivity index (χ0) is 12.9. The molecular formula is C10H11N3O3S. The molecule has 0 saturated carbocycles. The van der Waals surface area contributed by atoms with Gasteiger partial charge in [0.15, 0.2) is 0 Å². The van der Waals surface area contributed by atoms with Gasteiger partial charge in [0.05, 0.1) is 23.1 Å². The molecule has 2 N–H and O–H groups in total. The summed E-state index contributed by atoms with van der Waals surface area (Å²) in [6.45, 7) is 1.70. The number of hydrazone groups is 1. The SMILES string of the molecule is C/C(CC#N)=N/Nc1ccc(S(=O)(=O)O)cc1. The van der Waals surface area contributed by atoms with Crippen LogP contribution in [-0.4, -0.2) is 18.7 Å². The average molecular weight is 253 g/mol. The molecule has 0 saturated heterocycles. The van der Waals surface area contributed by atoms with Gasteiger partial charge in [-0.25, -0.2) is 0 Å². The van der Waals surface area contributed by atoms with Crippen LogP contribution >= 0.6 is 0 Å². The second-order valence-corrected chi connectivity index (χ2v) is 4.71. The van der Waals surface area contributed by atoms with Gasteiger partial charge in [-0.3, -0.25) is 9.98 Å². The third-order valence-electron chi connectivity index (χ3n) is 1.86. The Hall–Kier alpha value is -1.91. The first kappa shape index (κ1) is 13.2. The van der Waals surface area contributed by atoms with Crippen LogP contribution in [-0.2, 0) is 10.1 Å². The third-order valence-corrected chi connectivity index (χ3v) is 2.73. The molecule has 6 nitrogen and oxygen atoms in total. The molecule has 0 unspecified atom stereocenters. The van der Waals surface area contributed by atoms with Crippen LogP contribution in [0.3, 0.4) is 0 Å². The molecule has 1 aromatic carbocycles. The Balaban J connectivity index is 2.77. The smallest absolute Gasteiger partial charge is 0.282 e. The topological polar surface area (TPSA) is 103 Å². The molecule has 0 aliphatic heterocycles. The first-order valence-electron chi connectivity index (χ1n) is 4.67. The Morgan fingerprint density at radius 3 is 2.53 bits per heavy atom. The Bertz CT molecular complexity index is 555. The maximum Gasteiger partial charge on any atom is 0.294 e. The van der Waals surface area contributed by atoms with E-state index in [9.17, 15) is 8.42 Å². The van der Waals surface area contributed by atoms with Gasteiger partial charge in [-0.05, 0) is 31.2 Å². The predicted molar refractivity (Wildman–Crippen MR) is 63.2 cm³/mol. The lowest BCUT2D eigenvalue weighted by Gasteiger charge is -2.02. The maximum absolute atomic E-state index is 10.8. The Morgan fingerprint density at radius 1 is 1.47 bits per heavy atom. The van der Waals surface area contributed by atoms with Gasteiger partial charge < -0.3 is 0 Å². The molecule has 0 spiro atoms. The van der Waals surface area contributed by atoms with E-state index in [2.05, 4.69) is 10.5 Å². The molecular weight excluding hydrogens is 242 g/mol. The molecule has 0 heterocycles. The van der Waals surface area contributed by atoms with E-state index in [1.165, 1.54) is 24.3 Å². The summed E-state index contributed by atoms with van der Waals surface area (Å²) in [7, 11) is -4.17. The van der Waals surface area contributed by atoms with Gasteiger partial charge in [0.1, 0.15) is 0 Å². The van der Waals surface area contributed by atoms with Crippen molar-refractivity contribution in [2.24, 2.45) is 5.10 Å². The minimum Gasteiger partial charge on any atom is -0.282 e. The summed E-state index contributed by atoms with van der Waals surface area (Å²) in [6.07, 6.45) is 0.218. The second kappa shape index (κ2) is 5.43. The zero-order valence-corrected chi connectivity index (χ0v) is 9.90. The fraction of sp³-hybridized carbons (Fsp3) is 0.200. The van der Waals surface area contributed by atoms with Gasteiger partial charge in [-0.2, -0.15) is 18.8 Å². The van der Waals surface area contributed by atoms with Crippen LogP contribution < -0.4 is 5.43 Å². The van der Waals surface area contributed by atoms with Gasteiger partial charge >= 0.3 is 0 Å². The molecule has 7 heteroatoms. The number of nitrogens with zero attached hydrogens (tertiary/aromatic N) is 2. The van der Waals surface area contributed by atoms with Crippen molar-refractivity contribution in [3.8, 4) is 6.07 Å². The normalized spacial score (nSPS) is 11.9. The van der Waals surface area contributed by atoms with Gasteiger partial charge in [-0.1, -0.05) is 0 Å². The highest BCUT2D eigenvalue weighted by molar-refractivity contribution is 7.85. The van der Waals surface area contributed by atoms with Crippen LogP contribution in [0.2, 0.25) is 0 Å². The van der Waals surface area contributed by atoms with Crippen molar-refractivity contribution in [1.82, 2.24) is 0 Å². The summed E-state index contributed by atoms with van der Waals surface area (Å²) in [6, 6.07) is 7.39. The van der Waals surface area contributed by atoms with E-state index in [0.717, 1.165) is 0 Å². The van der Waals surface area contributed by atoms with Crippen molar-refractivity contribution >= 4 is 21.5 Å². The monoisotopic (exact) mass is 253 g/mol. The number of nitriles is 1. The molecule has 90 valence electrons. The van der Waals surface area contributed by atoms with Crippen LogP contribution in [0.5, 0.6) is 0 Å². The largest absolute Gasteiger partial charge is 0.294 e. The Labute approximate surface area is 99.3 Å². The maximum atomic E-state index is 10.8. The number of hydrogen-bond donors (Lipinski definition) is 2. The third kappa shape index (κ3) is 4.22. The van der Waals surface area contributed by atoms with E-state index in [1.807, 2.05) is 6.07 Å². The zero-order valence-electron chi connectivity index (χ0n) is 9.08. The molecule has 0 aromatic heterocycles. The summed E-state index contributed by atoms with van der Waals surface area (Å²) in [4.78, 5) is -0.180. The van der Waals surface area contributed by atoms with Crippen LogP contribution in [0, 0.1) is 11.3 Å². The molecule has 0 amide bonds. The molecule has 0 radical (unpaired) electrons. The van der Waals surface area contributed by atoms with Gasteiger partial charge in [-0.15, -0.1) is 0 Å². The molecule has 1 aromatic rings. The minimum atomic E-state index is -4.17. The van der Waals surface area contributed by atoms with Crippen molar-refractivity contribution in [1.29, 1.82) is 5.26 Å². The van der Waals surface area contributed by atoms with Crippen molar-refractivity contribution < 1.29 is 13.0 Å². The molecule has 1 rings (SSSR count). The van der Waals surface area contributed by atoms with E-state index in [4.69, 9.17) is 9.81 Å². The minimum absolute atomic E-state index is 0.180. The molecule has 0 aliphatic rings. The van der Waals surface area contributed by atoms with E-state index < -0.39 is 10.1 Å². The standard InChI is InChI=1S/C10H11N3O3S/c1-8(6-7-11)12-13-9-2-4-10(5-3-9)17(14,15)16/h2-5,13H,6H2,1H3,(H,14,15,16)/b12-8-. The summed E-state index contributed by atoms with van der Waals surface area (Å²) in [5.74, 6) is 0. The first-order chi connectivity index (χ1) is 7.93. The predicted octanol–water partition coefficient (Wildman–Crippen LogP) is 1.63. The average Bonchev–Trinajstić information content (AvgIpc) is 2.26. The Morgan fingerprint density at radius 2 is 2.06 bits per heavy atom. The molecule has 0 fully saturated rings. The Kier molecular flexibility index (Phi) is 4.20. The number of hydrogen-bond acceptors (Lipinski definition) is 5. The highest BCUT2D eigenvalue weighted by Crippen LogP contribution is 2.13. The highest BCUT2D eigenvalue weighted by atomic mass is 32.2. The van der Waals surface area contributed by atoms with E-state index in [1.54, 1.807) is 6.92 Å². The summed E-state index contributed by atoms with van der Waals surface area (Å²) in [5.41, 5.74) is 3.85. The van der Waals surface area contributed by atoms with Crippen molar-refractivity contribution in [2.45, 2.75) is 18.2 Å². The van der Waals surface area contributed by atoms with Crippen molar-refractivity contribution in [3.05, 3.63) is 24.3 Å². The van der Waals surface area contributed by atoms with Gasteiger partial charge in [0.25, 0.3) is 10.1 Å². The fourth-order valence-corrected chi connectivity index (χ4v) is 1.50. The van der Waals surface area contributed by atoms with E-state index >= 15 is 0 Å². The first-order valence-corrected chi connectivity index (χ1v) is 6.11. The van der Waals surface area contributed by atoms with E-state index in [-0.39, 0.29) is 11.3 Å². The van der Waals surface area contributed by atoms with Crippen LogP contribution in [0.4, 0.5) is 5.69 Å². The van der Waals surface area contributed by atoms with Crippen LogP contribution in [0.25, 0.3) is 0 Å². The summed E-state index contributed by atoms with van der Waals surface area (Å²) < 4.78 is 30.3. The molecule has 0 atom stereocenters. The van der Waals surface area contributed by atoms with Gasteiger partial charge in [0, 0.05) is 5.71 Å². The number of rotatable bonds is 4. The number of anilines is 1. The lowest BCUT2D eigenvalue weighted by atomic mass is 10.3. The highest BCUT2D eigenvalue weighted by Gasteiger charge is 2.07. The van der Waals surface area contributed by atoms with Crippen LogP contribution in [0.1, 0.15) is 13.3 Å². The van der Waals surface area contributed by atoms with Gasteiger partial charge in [0.2, 0.25) is 0 Å². The lowest BCUT2D eigenvalue weighted by molar-refractivity contribution is 0.483. The number of nitrogens with one attached hydrogen (secondary N) is 1. The summed E-state index contributed by atoms with van der Waals surface area (Å²) in [5, 5.41) is 12.3. The van der Waals surface area contributed by atoms with Crippen molar-refractivity contribution in [3.63, 3.8) is 0 Å². The number of benzene rings is 1. The van der Waals surface area contributed by atoms with E-state index in [0.29, 0.717) is 11.4 Å². The molecule has 0 bridgehead atoms.